The fourth-order valence-electron chi connectivity index (χ4n) is 4.07. The van der Waals surface area contributed by atoms with E-state index in [1.165, 1.54) is 9.13 Å². The van der Waals surface area contributed by atoms with E-state index in [-0.39, 0.29) is 11.2 Å². The van der Waals surface area contributed by atoms with E-state index in [1.54, 1.807) is 14.2 Å². The maximum absolute atomic E-state index is 13.3. The Morgan fingerprint density at radius 3 is 2.50 bits per heavy atom. The molecule has 3 heterocycles. The minimum Gasteiger partial charge on any atom is -0.497 e. The average Bonchev–Trinajstić information content (AvgIpc) is 3.11. The summed E-state index contributed by atoms with van der Waals surface area (Å²) in [6.45, 7) is 8.22. The first-order valence-electron chi connectivity index (χ1n) is 10.4. The highest BCUT2D eigenvalue weighted by Crippen LogP contribution is 2.33. The second-order valence-corrected chi connectivity index (χ2v) is 8.59. The molecule has 8 nitrogen and oxygen atoms in total. The Morgan fingerprint density at radius 2 is 1.87 bits per heavy atom. The second-order valence-electron chi connectivity index (χ2n) is 8.59. The van der Waals surface area contributed by atoms with Crippen LogP contribution in [0.15, 0.2) is 33.9 Å². The molecule has 1 aromatic carbocycles. The third kappa shape index (κ3) is 3.30. The van der Waals surface area contributed by atoms with E-state index in [0.29, 0.717) is 42.0 Å². The van der Waals surface area contributed by atoms with Crippen molar-refractivity contribution in [1.29, 1.82) is 0 Å². The largest absolute Gasteiger partial charge is 0.497 e. The fraction of sp³-hybridized carbons (Fsp3) is 0.500. The number of hydrogen-bond donors (Lipinski definition) is 0. The molecule has 0 unspecified atom stereocenters. The number of aryl methyl sites for hydroxylation is 1. The van der Waals surface area contributed by atoms with Crippen molar-refractivity contribution < 1.29 is 4.74 Å². The van der Waals surface area contributed by atoms with Crippen molar-refractivity contribution >= 4 is 22.8 Å². The second kappa shape index (κ2) is 7.66. The zero-order chi connectivity index (χ0) is 21.6. The summed E-state index contributed by atoms with van der Waals surface area (Å²) in [6, 6.07) is 7.80. The van der Waals surface area contributed by atoms with Crippen molar-refractivity contribution in [3.05, 3.63) is 45.1 Å². The minimum absolute atomic E-state index is 0.253. The molecule has 0 bridgehead atoms. The predicted molar refractivity (Wildman–Crippen MR) is 118 cm³/mol. The highest BCUT2D eigenvalue weighted by molar-refractivity contribution is 5.77. The molecule has 0 saturated carbocycles. The summed E-state index contributed by atoms with van der Waals surface area (Å²) < 4.78 is 10.1. The maximum Gasteiger partial charge on any atom is 0.332 e. The highest BCUT2D eigenvalue weighted by Gasteiger charge is 2.29. The number of fused-ring (bicyclic) bond motifs is 3. The van der Waals surface area contributed by atoms with E-state index >= 15 is 0 Å². The van der Waals surface area contributed by atoms with Crippen LogP contribution in [0.4, 0.5) is 11.6 Å². The molecule has 2 aromatic heterocycles. The molecule has 0 aliphatic carbocycles. The van der Waals surface area contributed by atoms with Crippen molar-refractivity contribution in [3.8, 4) is 5.75 Å². The summed E-state index contributed by atoms with van der Waals surface area (Å²) in [7, 11) is 3.33. The monoisotopic (exact) mass is 411 g/mol. The van der Waals surface area contributed by atoms with Gasteiger partial charge in [0.2, 0.25) is 5.95 Å². The highest BCUT2D eigenvalue weighted by atomic mass is 16.5. The molecule has 0 N–H and O–H groups in total. The molecule has 0 fully saturated rings. The molecule has 8 heteroatoms. The first-order valence-corrected chi connectivity index (χ1v) is 10.4. The SMILES string of the molecule is COc1ccc(N2C[C@@H](C)Cn3c2nc2c3c(=O)n(CCC(C)C)c(=O)n2C)cc1. The number of aromatic nitrogens is 4. The Kier molecular flexibility index (Phi) is 5.17. The Hall–Kier alpha value is -3.03. The molecule has 1 aliphatic heterocycles. The Bertz CT molecular complexity index is 1190. The van der Waals surface area contributed by atoms with Crippen LogP contribution in [0.5, 0.6) is 5.75 Å². The van der Waals surface area contributed by atoms with E-state index in [4.69, 9.17) is 9.72 Å². The van der Waals surface area contributed by atoms with Gasteiger partial charge in [0.05, 0.1) is 7.11 Å². The molecule has 0 saturated heterocycles. The van der Waals surface area contributed by atoms with E-state index in [9.17, 15) is 9.59 Å². The van der Waals surface area contributed by atoms with Gasteiger partial charge in [0.15, 0.2) is 11.2 Å². The molecule has 3 aromatic rings. The summed E-state index contributed by atoms with van der Waals surface area (Å²) in [5, 5.41) is 0. The van der Waals surface area contributed by atoms with Gasteiger partial charge in [0.25, 0.3) is 5.56 Å². The molecular formula is C22H29N5O3. The van der Waals surface area contributed by atoms with Gasteiger partial charge in [0, 0.05) is 32.4 Å². The zero-order valence-electron chi connectivity index (χ0n) is 18.3. The fourth-order valence-corrected chi connectivity index (χ4v) is 4.07. The van der Waals surface area contributed by atoms with Crippen LogP contribution in [0.1, 0.15) is 27.2 Å². The molecule has 4 rings (SSSR count). The van der Waals surface area contributed by atoms with Crippen LogP contribution in [0.2, 0.25) is 0 Å². The minimum atomic E-state index is -0.312. The summed E-state index contributed by atoms with van der Waals surface area (Å²) >= 11 is 0. The lowest BCUT2D eigenvalue weighted by Gasteiger charge is -2.33. The van der Waals surface area contributed by atoms with Crippen LogP contribution < -0.4 is 20.9 Å². The summed E-state index contributed by atoms with van der Waals surface area (Å²) in [5.74, 6) is 2.20. The number of nitrogens with zero attached hydrogens (tertiary/aromatic N) is 5. The lowest BCUT2D eigenvalue weighted by atomic mass is 10.1. The van der Waals surface area contributed by atoms with Crippen molar-refractivity contribution in [3.63, 3.8) is 0 Å². The average molecular weight is 412 g/mol. The van der Waals surface area contributed by atoms with Gasteiger partial charge in [-0.05, 0) is 42.5 Å². The number of hydrogen-bond acceptors (Lipinski definition) is 5. The topological polar surface area (TPSA) is 74.3 Å². The number of benzene rings is 1. The first kappa shape index (κ1) is 20.3. The number of anilines is 2. The molecule has 160 valence electrons. The lowest BCUT2D eigenvalue weighted by molar-refractivity contribution is 0.414. The third-order valence-corrected chi connectivity index (χ3v) is 5.76. The van der Waals surface area contributed by atoms with Crippen molar-refractivity contribution in [2.24, 2.45) is 18.9 Å². The number of methoxy groups -OCH3 is 1. The summed E-state index contributed by atoms with van der Waals surface area (Å²) in [4.78, 5) is 33.1. The van der Waals surface area contributed by atoms with Gasteiger partial charge in [-0.3, -0.25) is 13.9 Å². The Morgan fingerprint density at radius 1 is 1.17 bits per heavy atom. The van der Waals surface area contributed by atoms with E-state index < -0.39 is 0 Å². The number of ether oxygens (including phenoxy) is 1. The molecule has 1 aliphatic rings. The van der Waals surface area contributed by atoms with Crippen LogP contribution >= 0.6 is 0 Å². The quantitative estimate of drug-likeness (QED) is 0.645. The molecule has 0 spiro atoms. The maximum atomic E-state index is 13.3. The normalized spacial score (nSPS) is 16.3. The zero-order valence-corrected chi connectivity index (χ0v) is 18.3. The molecule has 30 heavy (non-hydrogen) atoms. The number of imidazole rings is 1. The van der Waals surface area contributed by atoms with E-state index in [1.807, 2.05) is 28.8 Å². The van der Waals surface area contributed by atoms with Crippen LogP contribution in [-0.4, -0.2) is 32.3 Å². The van der Waals surface area contributed by atoms with E-state index in [0.717, 1.165) is 24.4 Å². The Balaban J connectivity index is 1.91. The van der Waals surface area contributed by atoms with Gasteiger partial charge in [-0.15, -0.1) is 0 Å². The van der Waals surface area contributed by atoms with Gasteiger partial charge in [-0.2, -0.15) is 4.98 Å². The first-order chi connectivity index (χ1) is 14.3. The van der Waals surface area contributed by atoms with Crippen LogP contribution in [0.3, 0.4) is 0 Å². The third-order valence-electron chi connectivity index (χ3n) is 5.76. The van der Waals surface area contributed by atoms with E-state index in [2.05, 4.69) is 25.7 Å². The predicted octanol–water partition coefficient (Wildman–Crippen LogP) is 2.74. The van der Waals surface area contributed by atoms with Crippen LogP contribution in [0.25, 0.3) is 11.2 Å². The van der Waals surface area contributed by atoms with Gasteiger partial charge < -0.3 is 14.2 Å². The smallest absolute Gasteiger partial charge is 0.332 e. The van der Waals surface area contributed by atoms with Crippen molar-refractivity contribution in [1.82, 2.24) is 18.7 Å². The van der Waals surface area contributed by atoms with Gasteiger partial charge in [0.1, 0.15) is 5.75 Å². The molecule has 0 amide bonds. The molecular weight excluding hydrogens is 382 g/mol. The van der Waals surface area contributed by atoms with Crippen LogP contribution in [0, 0.1) is 11.8 Å². The van der Waals surface area contributed by atoms with Gasteiger partial charge in [-0.1, -0.05) is 20.8 Å². The number of rotatable bonds is 5. The molecule has 1 atom stereocenters. The van der Waals surface area contributed by atoms with Crippen molar-refractivity contribution in [2.45, 2.75) is 40.3 Å². The molecule has 0 radical (unpaired) electrons. The van der Waals surface area contributed by atoms with Gasteiger partial charge in [-0.25, -0.2) is 4.79 Å². The Labute approximate surface area is 175 Å². The van der Waals surface area contributed by atoms with Crippen LogP contribution in [-0.2, 0) is 20.1 Å². The summed E-state index contributed by atoms with van der Waals surface area (Å²) in [6.07, 6.45) is 0.774. The standard InChI is InChI=1S/C22H29N5O3/c1-14(2)10-11-25-20(28)18-19(24(4)22(25)29)23-21-26(12-15(3)13-27(18)21)16-6-8-17(30-5)9-7-16/h6-9,14-15H,10-13H2,1-5H3/t15-/m1/s1. The van der Waals surface area contributed by atoms with Gasteiger partial charge >= 0.3 is 5.69 Å². The summed E-state index contributed by atoms with van der Waals surface area (Å²) in [5.41, 5.74) is 1.35. The van der Waals surface area contributed by atoms with Crippen molar-refractivity contribution in [2.75, 3.05) is 18.6 Å². The lowest BCUT2D eigenvalue weighted by Crippen LogP contribution is -2.40.